The summed E-state index contributed by atoms with van der Waals surface area (Å²) in [6.45, 7) is 1.34. The molecule has 1 unspecified atom stereocenters. The third kappa shape index (κ3) is 3.19. The summed E-state index contributed by atoms with van der Waals surface area (Å²) >= 11 is 0. The van der Waals surface area contributed by atoms with E-state index in [1.165, 1.54) is 0 Å². The summed E-state index contributed by atoms with van der Waals surface area (Å²) < 4.78 is 0. The first-order chi connectivity index (χ1) is 8.41. The lowest BCUT2D eigenvalue weighted by atomic mass is 9.92. The number of amides is 1. The predicted octanol–water partition coefficient (Wildman–Crippen LogP) is -0.484. The van der Waals surface area contributed by atoms with Gasteiger partial charge in [-0.2, -0.15) is 0 Å². The number of aliphatic carboxylic acids is 2. The van der Waals surface area contributed by atoms with E-state index in [0.717, 1.165) is 11.3 Å². The fraction of sp³-hybridized carbons (Fsp3) is 0.727. The highest BCUT2D eigenvalue weighted by Crippen LogP contribution is 2.25. The van der Waals surface area contributed by atoms with Gasteiger partial charge in [0.15, 0.2) is 0 Å². The largest absolute Gasteiger partial charge is 0.480 e. The Morgan fingerprint density at radius 1 is 1.22 bits per heavy atom. The lowest BCUT2D eigenvalue weighted by molar-refractivity contribution is -0.152. The molecule has 0 aromatic carbocycles. The van der Waals surface area contributed by atoms with Crippen LogP contribution in [0.15, 0.2) is 0 Å². The number of nitrogens with one attached hydrogen (secondary N) is 1. The highest BCUT2D eigenvalue weighted by molar-refractivity contribution is 5.91. The maximum Gasteiger partial charge on any atom is 0.323 e. The van der Waals surface area contributed by atoms with E-state index < -0.39 is 36.5 Å². The molecule has 0 aromatic rings. The molecule has 1 atom stereocenters. The van der Waals surface area contributed by atoms with E-state index in [1.807, 2.05) is 6.92 Å². The van der Waals surface area contributed by atoms with Crippen LogP contribution < -0.4 is 5.32 Å². The van der Waals surface area contributed by atoms with Crippen molar-refractivity contribution in [3.63, 3.8) is 0 Å². The topological polar surface area (TPSA) is 107 Å². The maximum absolute atomic E-state index is 12.3. The van der Waals surface area contributed by atoms with E-state index >= 15 is 0 Å². The molecule has 7 nitrogen and oxygen atoms in total. The van der Waals surface area contributed by atoms with Crippen LogP contribution in [0.1, 0.15) is 26.2 Å². The van der Waals surface area contributed by atoms with Crippen LogP contribution in [0.3, 0.4) is 0 Å². The molecule has 0 spiro atoms. The van der Waals surface area contributed by atoms with Gasteiger partial charge in [-0.1, -0.05) is 6.92 Å². The average molecular weight is 258 g/mol. The summed E-state index contributed by atoms with van der Waals surface area (Å²) in [5.74, 6) is -2.87. The molecule has 1 aliphatic rings. The van der Waals surface area contributed by atoms with Crippen molar-refractivity contribution < 1.29 is 24.6 Å². The zero-order valence-electron chi connectivity index (χ0n) is 10.3. The van der Waals surface area contributed by atoms with Crippen LogP contribution in [-0.2, 0) is 14.4 Å². The first-order valence-corrected chi connectivity index (χ1v) is 5.89. The first kappa shape index (κ1) is 14.4. The molecule has 0 saturated carbocycles. The SMILES string of the molecule is CCC1(C(=O)N(CC(=O)O)CC(=O)O)CCCN1. The molecular weight excluding hydrogens is 240 g/mol. The Balaban J connectivity index is 2.85. The van der Waals surface area contributed by atoms with Crippen molar-refractivity contribution in [3.8, 4) is 0 Å². The first-order valence-electron chi connectivity index (χ1n) is 5.89. The fourth-order valence-corrected chi connectivity index (χ4v) is 2.27. The molecule has 7 heteroatoms. The number of nitrogens with zero attached hydrogens (tertiary/aromatic N) is 1. The van der Waals surface area contributed by atoms with Crippen molar-refractivity contribution >= 4 is 17.8 Å². The number of carbonyl (C=O) groups is 3. The van der Waals surface area contributed by atoms with Crippen LogP contribution in [0, 0.1) is 0 Å². The predicted molar refractivity (Wildman–Crippen MR) is 62.1 cm³/mol. The molecule has 1 rings (SSSR count). The lowest BCUT2D eigenvalue weighted by Gasteiger charge is -2.32. The van der Waals surface area contributed by atoms with Gasteiger partial charge >= 0.3 is 11.9 Å². The molecule has 0 radical (unpaired) electrons. The summed E-state index contributed by atoms with van der Waals surface area (Å²) in [6, 6.07) is 0. The Bertz CT molecular complexity index is 333. The lowest BCUT2D eigenvalue weighted by Crippen LogP contribution is -2.56. The van der Waals surface area contributed by atoms with Crippen LogP contribution in [0.5, 0.6) is 0 Å². The van der Waals surface area contributed by atoms with Gasteiger partial charge in [-0.05, 0) is 25.8 Å². The third-order valence-corrected chi connectivity index (χ3v) is 3.20. The molecule has 1 heterocycles. The molecule has 1 aliphatic heterocycles. The van der Waals surface area contributed by atoms with E-state index in [0.29, 0.717) is 19.4 Å². The summed E-state index contributed by atoms with van der Waals surface area (Å²) in [6.07, 6.45) is 1.95. The number of rotatable bonds is 6. The summed E-state index contributed by atoms with van der Waals surface area (Å²) in [4.78, 5) is 34.6. The van der Waals surface area contributed by atoms with Crippen molar-refractivity contribution in [3.05, 3.63) is 0 Å². The summed E-state index contributed by atoms with van der Waals surface area (Å²) in [5.41, 5.74) is -0.801. The van der Waals surface area contributed by atoms with Crippen LogP contribution in [-0.4, -0.2) is 58.1 Å². The molecule has 1 amide bonds. The van der Waals surface area contributed by atoms with E-state index in [-0.39, 0.29) is 0 Å². The summed E-state index contributed by atoms with van der Waals surface area (Å²) in [5, 5.41) is 20.5. The Kier molecular flexibility index (Phi) is 4.66. The molecule has 0 aromatic heterocycles. The Hall–Kier alpha value is -1.63. The Labute approximate surface area is 105 Å². The molecule has 0 aliphatic carbocycles. The second-order valence-electron chi connectivity index (χ2n) is 4.41. The minimum Gasteiger partial charge on any atom is -0.480 e. The van der Waals surface area contributed by atoms with E-state index in [1.54, 1.807) is 0 Å². The van der Waals surface area contributed by atoms with Crippen molar-refractivity contribution in [1.29, 1.82) is 0 Å². The van der Waals surface area contributed by atoms with E-state index in [2.05, 4.69) is 5.32 Å². The second-order valence-corrected chi connectivity index (χ2v) is 4.41. The molecular formula is C11H18N2O5. The monoisotopic (exact) mass is 258 g/mol. The Morgan fingerprint density at radius 3 is 2.11 bits per heavy atom. The van der Waals surface area contributed by atoms with E-state index in [9.17, 15) is 14.4 Å². The van der Waals surface area contributed by atoms with Crippen LogP contribution in [0.25, 0.3) is 0 Å². The summed E-state index contributed by atoms with van der Waals surface area (Å²) in [7, 11) is 0. The third-order valence-electron chi connectivity index (χ3n) is 3.20. The number of carboxylic acids is 2. The van der Waals surface area contributed by atoms with Gasteiger partial charge in [0.25, 0.3) is 0 Å². The minimum atomic E-state index is -1.21. The van der Waals surface area contributed by atoms with Gasteiger partial charge in [0.1, 0.15) is 13.1 Å². The molecule has 102 valence electrons. The quantitative estimate of drug-likeness (QED) is 0.594. The number of carbonyl (C=O) groups excluding carboxylic acids is 1. The average Bonchev–Trinajstić information content (AvgIpc) is 2.75. The van der Waals surface area contributed by atoms with E-state index in [4.69, 9.17) is 10.2 Å². The molecule has 1 saturated heterocycles. The van der Waals surface area contributed by atoms with Crippen molar-refractivity contribution in [1.82, 2.24) is 10.2 Å². The zero-order chi connectivity index (χ0) is 13.8. The smallest absolute Gasteiger partial charge is 0.323 e. The minimum absolute atomic E-state index is 0.438. The fourth-order valence-electron chi connectivity index (χ4n) is 2.27. The number of hydrogen-bond acceptors (Lipinski definition) is 4. The molecule has 1 fully saturated rings. The van der Waals surface area contributed by atoms with Crippen molar-refractivity contribution in [2.24, 2.45) is 0 Å². The molecule has 0 bridgehead atoms. The zero-order valence-corrected chi connectivity index (χ0v) is 10.3. The van der Waals surface area contributed by atoms with Gasteiger partial charge in [0, 0.05) is 0 Å². The van der Waals surface area contributed by atoms with Gasteiger partial charge < -0.3 is 20.4 Å². The van der Waals surface area contributed by atoms with Crippen LogP contribution in [0.4, 0.5) is 0 Å². The molecule has 18 heavy (non-hydrogen) atoms. The van der Waals surface area contributed by atoms with Gasteiger partial charge in [0.2, 0.25) is 5.91 Å². The highest BCUT2D eigenvalue weighted by Gasteiger charge is 2.42. The van der Waals surface area contributed by atoms with Gasteiger partial charge in [0.05, 0.1) is 5.54 Å². The van der Waals surface area contributed by atoms with Gasteiger partial charge in [-0.15, -0.1) is 0 Å². The maximum atomic E-state index is 12.3. The van der Waals surface area contributed by atoms with Crippen LogP contribution >= 0.6 is 0 Å². The number of hydrogen-bond donors (Lipinski definition) is 3. The van der Waals surface area contributed by atoms with Gasteiger partial charge in [-0.3, -0.25) is 14.4 Å². The Morgan fingerprint density at radius 2 is 1.78 bits per heavy atom. The van der Waals surface area contributed by atoms with Crippen molar-refractivity contribution in [2.75, 3.05) is 19.6 Å². The standard InChI is InChI=1S/C11H18N2O5/c1-2-11(4-3-5-12-11)10(18)13(6-8(14)15)7-9(16)17/h12H,2-7H2,1H3,(H,14,15)(H,16,17). The van der Waals surface area contributed by atoms with Gasteiger partial charge in [-0.25, -0.2) is 0 Å². The normalized spacial score (nSPS) is 22.7. The molecule has 3 N–H and O–H groups in total. The number of carboxylic acid groups (broad SMARTS) is 2. The highest BCUT2D eigenvalue weighted by atomic mass is 16.4. The van der Waals surface area contributed by atoms with Crippen molar-refractivity contribution in [2.45, 2.75) is 31.7 Å². The second kappa shape index (κ2) is 5.81. The van der Waals surface area contributed by atoms with Crippen LogP contribution in [0.2, 0.25) is 0 Å².